The Morgan fingerprint density at radius 3 is 2.61 bits per heavy atom. The summed E-state index contributed by atoms with van der Waals surface area (Å²) in [5.74, 6) is 0. The van der Waals surface area contributed by atoms with Gasteiger partial charge in [-0.15, -0.1) is 0 Å². The summed E-state index contributed by atoms with van der Waals surface area (Å²) < 4.78 is 0. The zero-order valence-corrected chi connectivity index (χ0v) is 14.6. The molecule has 1 unspecified atom stereocenters. The zero-order valence-electron chi connectivity index (χ0n) is 13.8. The lowest BCUT2D eigenvalue weighted by Gasteiger charge is -2.25. The fraction of sp³-hybridized carbons (Fsp3) is 0.350. The van der Waals surface area contributed by atoms with Crippen LogP contribution < -0.4 is 0 Å². The molecular weight excluding hydrogens is 304 g/mol. The molecular formula is C20H23ClN2. The fourth-order valence-corrected chi connectivity index (χ4v) is 3.17. The van der Waals surface area contributed by atoms with Crippen molar-refractivity contribution in [2.75, 3.05) is 6.54 Å². The van der Waals surface area contributed by atoms with Crippen LogP contribution >= 0.6 is 11.6 Å². The highest BCUT2D eigenvalue weighted by Gasteiger charge is 2.22. The molecule has 1 heterocycles. The maximum atomic E-state index is 6.05. The standard InChI is InChI=1S/C20H23ClN2/c1-3-4-13-23-15(2)14-17-7-5-6-8-19(17)20(22-23)16-9-11-18(21)12-10-16/h5-12,15H,3-4,13-14H2,1-2H3. The first-order valence-corrected chi connectivity index (χ1v) is 8.76. The Labute approximate surface area is 143 Å². The van der Waals surface area contributed by atoms with Gasteiger partial charge in [0.1, 0.15) is 0 Å². The minimum absolute atomic E-state index is 0.410. The molecule has 3 heteroatoms. The van der Waals surface area contributed by atoms with Gasteiger partial charge in [-0.3, -0.25) is 5.01 Å². The van der Waals surface area contributed by atoms with E-state index < -0.39 is 0 Å². The highest BCUT2D eigenvalue weighted by atomic mass is 35.5. The molecule has 0 aromatic heterocycles. The van der Waals surface area contributed by atoms with Gasteiger partial charge in [-0.05, 0) is 37.5 Å². The molecule has 23 heavy (non-hydrogen) atoms. The van der Waals surface area contributed by atoms with Gasteiger partial charge in [-0.25, -0.2) is 0 Å². The molecule has 2 aromatic rings. The number of benzene rings is 2. The van der Waals surface area contributed by atoms with Crippen molar-refractivity contribution in [3.05, 3.63) is 70.2 Å². The summed E-state index contributed by atoms with van der Waals surface area (Å²) in [7, 11) is 0. The van der Waals surface area contributed by atoms with Gasteiger partial charge in [0.15, 0.2) is 0 Å². The average molecular weight is 327 g/mol. The number of hydrogen-bond acceptors (Lipinski definition) is 2. The van der Waals surface area contributed by atoms with Gasteiger partial charge >= 0.3 is 0 Å². The summed E-state index contributed by atoms with van der Waals surface area (Å²) in [4.78, 5) is 0. The third kappa shape index (κ3) is 3.59. The van der Waals surface area contributed by atoms with E-state index in [0.29, 0.717) is 6.04 Å². The van der Waals surface area contributed by atoms with Crippen molar-refractivity contribution in [2.45, 2.75) is 39.2 Å². The highest BCUT2D eigenvalue weighted by molar-refractivity contribution is 6.30. The van der Waals surface area contributed by atoms with Gasteiger partial charge in [-0.1, -0.05) is 61.3 Å². The van der Waals surface area contributed by atoms with E-state index in [-0.39, 0.29) is 0 Å². The Morgan fingerprint density at radius 2 is 1.87 bits per heavy atom. The fourth-order valence-electron chi connectivity index (χ4n) is 3.05. The van der Waals surface area contributed by atoms with Crippen LogP contribution in [-0.2, 0) is 6.42 Å². The van der Waals surface area contributed by atoms with Crippen LogP contribution in [-0.4, -0.2) is 23.3 Å². The van der Waals surface area contributed by atoms with Crippen molar-refractivity contribution in [3.8, 4) is 0 Å². The molecule has 2 aromatic carbocycles. The van der Waals surface area contributed by atoms with Gasteiger partial charge in [0.05, 0.1) is 5.71 Å². The molecule has 3 rings (SSSR count). The zero-order chi connectivity index (χ0) is 16.2. The second-order valence-corrected chi connectivity index (χ2v) is 6.62. The SMILES string of the molecule is CCCCN1N=C(c2ccc(Cl)cc2)c2ccccc2CC1C. The van der Waals surface area contributed by atoms with Crippen LogP contribution in [0.4, 0.5) is 0 Å². The summed E-state index contributed by atoms with van der Waals surface area (Å²) >= 11 is 6.05. The number of unbranched alkanes of at least 4 members (excludes halogenated alkanes) is 1. The largest absolute Gasteiger partial charge is 0.293 e. The van der Waals surface area contributed by atoms with Crippen molar-refractivity contribution in [1.82, 2.24) is 5.01 Å². The van der Waals surface area contributed by atoms with Gasteiger partial charge in [-0.2, -0.15) is 5.10 Å². The van der Waals surface area contributed by atoms with E-state index in [9.17, 15) is 0 Å². The topological polar surface area (TPSA) is 15.6 Å². The summed E-state index contributed by atoms with van der Waals surface area (Å²) in [5.41, 5.74) is 4.78. The molecule has 0 bridgehead atoms. The first-order valence-electron chi connectivity index (χ1n) is 8.38. The second kappa shape index (κ2) is 7.18. The monoisotopic (exact) mass is 326 g/mol. The first-order chi connectivity index (χ1) is 11.2. The van der Waals surface area contributed by atoms with Crippen molar-refractivity contribution < 1.29 is 0 Å². The van der Waals surface area contributed by atoms with E-state index in [2.05, 4.69) is 55.3 Å². The molecule has 1 aliphatic heterocycles. The number of rotatable bonds is 4. The molecule has 120 valence electrons. The number of hydrazone groups is 1. The van der Waals surface area contributed by atoms with E-state index in [0.717, 1.165) is 35.7 Å². The molecule has 0 fully saturated rings. The van der Waals surface area contributed by atoms with Gasteiger partial charge in [0.2, 0.25) is 0 Å². The molecule has 2 nitrogen and oxygen atoms in total. The van der Waals surface area contributed by atoms with E-state index >= 15 is 0 Å². The van der Waals surface area contributed by atoms with Crippen LogP contribution in [0.3, 0.4) is 0 Å². The van der Waals surface area contributed by atoms with Crippen LogP contribution in [0.5, 0.6) is 0 Å². The smallest absolute Gasteiger partial charge is 0.0979 e. The maximum absolute atomic E-state index is 6.05. The normalized spacial score (nSPS) is 17.4. The lowest BCUT2D eigenvalue weighted by atomic mass is 9.95. The lowest BCUT2D eigenvalue weighted by Crippen LogP contribution is -2.30. The van der Waals surface area contributed by atoms with Crippen molar-refractivity contribution >= 4 is 17.3 Å². The Kier molecular flexibility index (Phi) is 5.02. The summed E-state index contributed by atoms with van der Waals surface area (Å²) in [5, 5.41) is 8.06. The molecule has 1 atom stereocenters. The highest BCUT2D eigenvalue weighted by Crippen LogP contribution is 2.24. The van der Waals surface area contributed by atoms with E-state index in [1.54, 1.807) is 0 Å². The van der Waals surface area contributed by atoms with Crippen molar-refractivity contribution in [2.24, 2.45) is 5.10 Å². The van der Waals surface area contributed by atoms with Crippen LogP contribution in [0.2, 0.25) is 5.02 Å². The number of hydrogen-bond donors (Lipinski definition) is 0. The molecule has 0 saturated carbocycles. The minimum Gasteiger partial charge on any atom is -0.293 e. The Morgan fingerprint density at radius 1 is 1.13 bits per heavy atom. The molecule has 0 spiro atoms. The number of fused-ring (bicyclic) bond motifs is 1. The van der Waals surface area contributed by atoms with Gasteiger partial charge in [0, 0.05) is 28.7 Å². The van der Waals surface area contributed by atoms with Crippen LogP contribution in [0, 0.1) is 0 Å². The maximum Gasteiger partial charge on any atom is 0.0979 e. The third-order valence-corrected chi connectivity index (χ3v) is 4.64. The Hall–Kier alpha value is -1.80. The summed E-state index contributed by atoms with van der Waals surface area (Å²) in [6, 6.07) is 17.0. The summed E-state index contributed by atoms with van der Waals surface area (Å²) in [6.07, 6.45) is 3.38. The average Bonchev–Trinajstić information content (AvgIpc) is 2.70. The molecule has 0 saturated heterocycles. The van der Waals surface area contributed by atoms with Crippen LogP contribution in [0.15, 0.2) is 53.6 Å². The quantitative estimate of drug-likeness (QED) is 0.759. The van der Waals surface area contributed by atoms with Crippen LogP contribution in [0.1, 0.15) is 43.4 Å². The molecule has 1 aliphatic rings. The van der Waals surface area contributed by atoms with Gasteiger partial charge in [0.25, 0.3) is 0 Å². The van der Waals surface area contributed by atoms with E-state index in [1.165, 1.54) is 17.5 Å². The van der Waals surface area contributed by atoms with Crippen molar-refractivity contribution in [3.63, 3.8) is 0 Å². The predicted octanol–water partition coefficient (Wildman–Crippen LogP) is 5.14. The van der Waals surface area contributed by atoms with Gasteiger partial charge < -0.3 is 0 Å². The van der Waals surface area contributed by atoms with E-state index in [1.807, 2.05) is 12.1 Å². The molecule has 0 aliphatic carbocycles. The lowest BCUT2D eigenvalue weighted by molar-refractivity contribution is 0.216. The first kappa shape index (κ1) is 16.1. The van der Waals surface area contributed by atoms with Crippen LogP contribution in [0.25, 0.3) is 0 Å². The molecule has 0 radical (unpaired) electrons. The summed E-state index contributed by atoms with van der Waals surface area (Å²) in [6.45, 7) is 5.49. The second-order valence-electron chi connectivity index (χ2n) is 6.18. The Balaban J connectivity index is 2.07. The third-order valence-electron chi connectivity index (χ3n) is 4.38. The predicted molar refractivity (Wildman–Crippen MR) is 98.3 cm³/mol. The minimum atomic E-state index is 0.410. The van der Waals surface area contributed by atoms with Crippen molar-refractivity contribution in [1.29, 1.82) is 0 Å². The number of nitrogens with zero attached hydrogens (tertiary/aromatic N) is 2. The Bertz CT molecular complexity index is 691. The van der Waals surface area contributed by atoms with E-state index in [4.69, 9.17) is 16.7 Å². The number of halogens is 1. The molecule has 0 amide bonds. The molecule has 0 N–H and O–H groups in total.